The smallest absolute Gasteiger partial charge is 0.422 e. The number of aryl methyl sites for hydroxylation is 2. The zero-order chi connectivity index (χ0) is 40.6. The van der Waals surface area contributed by atoms with Gasteiger partial charge in [-0.25, -0.2) is 13.2 Å². The van der Waals surface area contributed by atoms with Crippen LogP contribution in [0, 0.1) is 5.92 Å². The first-order chi connectivity index (χ1) is 26.5. The molecule has 4 aromatic rings. The minimum absolute atomic E-state index is 0.0751. The number of ether oxygens (including phenoxy) is 1. The Morgan fingerprint density at radius 1 is 0.786 bits per heavy atom. The molecular formula is C40H40F3N3O9S. The van der Waals surface area contributed by atoms with Gasteiger partial charge in [-0.05, 0) is 110 Å². The molecule has 0 saturated heterocycles. The van der Waals surface area contributed by atoms with E-state index >= 15 is 0 Å². The van der Waals surface area contributed by atoms with Gasteiger partial charge >= 0.3 is 18.1 Å². The normalized spacial score (nSPS) is 15.9. The summed E-state index contributed by atoms with van der Waals surface area (Å²) in [5.41, 5.74) is 1.98. The van der Waals surface area contributed by atoms with Crippen molar-refractivity contribution in [3.63, 3.8) is 0 Å². The Bertz CT molecular complexity index is 2170. The highest BCUT2D eigenvalue weighted by Crippen LogP contribution is 2.32. The number of hydrogen-bond donors (Lipinski definition) is 4. The number of halogens is 3. The van der Waals surface area contributed by atoms with Crippen molar-refractivity contribution < 1.29 is 55.7 Å². The van der Waals surface area contributed by atoms with Crippen LogP contribution in [0.25, 0.3) is 0 Å². The van der Waals surface area contributed by atoms with Crippen LogP contribution in [0.4, 0.5) is 24.5 Å². The third-order valence-corrected chi connectivity index (χ3v) is 11.5. The fourth-order valence-corrected chi connectivity index (χ4v) is 8.23. The summed E-state index contributed by atoms with van der Waals surface area (Å²) >= 11 is 0. The van der Waals surface area contributed by atoms with Gasteiger partial charge in [-0.1, -0.05) is 37.3 Å². The lowest BCUT2D eigenvalue weighted by Crippen LogP contribution is -2.42. The van der Waals surface area contributed by atoms with Crippen LogP contribution in [0.5, 0.6) is 5.75 Å². The molecular weight excluding hydrogens is 756 g/mol. The molecule has 0 aliphatic heterocycles. The molecule has 0 atom stereocenters. The van der Waals surface area contributed by atoms with Gasteiger partial charge in [0.05, 0.1) is 27.6 Å². The predicted octanol–water partition coefficient (Wildman–Crippen LogP) is 7.27. The van der Waals surface area contributed by atoms with E-state index in [0.29, 0.717) is 44.2 Å². The number of carboxylic acids is 2. The van der Waals surface area contributed by atoms with E-state index in [1.165, 1.54) is 46.8 Å². The lowest BCUT2D eigenvalue weighted by atomic mass is 9.86. The Labute approximate surface area is 321 Å². The third kappa shape index (κ3) is 10.7. The zero-order valence-corrected chi connectivity index (χ0v) is 31.0. The maximum absolute atomic E-state index is 13.8. The Kier molecular flexibility index (Phi) is 13.2. The number of benzene rings is 4. The van der Waals surface area contributed by atoms with Crippen LogP contribution in [-0.4, -0.2) is 72.1 Å². The van der Waals surface area contributed by atoms with E-state index in [1.807, 2.05) is 0 Å². The van der Waals surface area contributed by atoms with E-state index < -0.39 is 58.5 Å². The number of nitrogens with zero attached hydrogens (tertiary/aromatic N) is 1. The Morgan fingerprint density at radius 2 is 1.41 bits per heavy atom. The number of hydrogen-bond acceptors (Lipinski definition) is 7. The van der Waals surface area contributed by atoms with Crippen molar-refractivity contribution in [2.45, 2.75) is 62.6 Å². The summed E-state index contributed by atoms with van der Waals surface area (Å²) in [5, 5.41) is 23.7. The number of aliphatic carboxylic acids is 1. The van der Waals surface area contributed by atoms with E-state index in [4.69, 9.17) is 9.84 Å². The molecule has 5 rings (SSSR count). The van der Waals surface area contributed by atoms with Crippen LogP contribution in [-0.2, 0) is 27.7 Å². The number of carbonyl (C=O) groups is 4. The monoisotopic (exact) mass is 795 g/mol. The fourth-order valence-electron chi connectivity index (χ4n) is 6.49. The number of anilines is 2. The number of nitrogens with one attached hydrogen (secondary N) is 2. The average Bonchev–Trinajstić information content (AvgIpc) is 3.17. The molecule has 12 nitrogen and oxygen atoms in total. The number of sulfonamides is 1. The number of carbonyl (C=O) groups excluding carboxylic acids is 2. The molecule has 1 fully saturated rings. The second-order valence-corrected chi connectivity index (χ2v) is 15.2. The van der Waals surface area contributed by atoms with Gasteiger partial charge < -0.3 is 25.6 Å². The maximum Gasteiger partial charge on any atom is 0.422 e. The Hall–Kier alpha value is -5.74. The lowest BCUT2D eigenvalue weighted by Gasteiger charge is -2.34. The van der Waals surface area contributed by atoms with Gasteiger partial charge in [0.1, 0.15) is 5.75 Å². The molecule has 0 bridgehead atoms. The fraction of sp³-hybridized carbons (Fsp3) is 0.300. The number of carboxylic acid groups (broad SMARTS) is 2. The number of aromatic carboxylic acids is 1. The SMILES string of the molecule is CCN([C@H]1CC[C@H](C(=O)O)CC1)S(=O)(=O)c1cccc(C(=O)Nc2ccc(OCC(F)(F)F)cc2C(=O)Nc2ccc(CCc3ccc(C(=O)O)cc3)cc2)c1. The highest BCUT2D eigenvalue weighted by Gasteiger charge is 2.35. The third-order valence-electron chi connectivity index (χ3n) is 9.47. The first kappa shape index (κ1) is 41.4. The first-order valence-corrected chi connectivity index (χ1v) is 19.2. The summed E-state index contributed by atoms with van der Waals surface area (Å²) in [6, 6.07) is 21.6. The van der Waals surface area contributed by atoms with E-state index in [0.717, 1.165) is 23.3 Å². The van der Waals surface area contributed by atoms with Gasteiger partial charge in [0, 0.05) is 23.8 Å². The quantitative estimate of drug-likeness (QED) is 0.0963. The standard InChI is InChI=1S/C40H40F3N3O9S/c1-2-46(31-18-14-28(15-19-31)39(51)52)56(53,54)33-5-3-4-29(22-33)36(47)45-35-21-20-32(55-24-40(41,42)43)23-34(35)37(48)44-30-16-10-26(11-17-30)7-6-25-8-12-27(13-9-25)38(49)50/h3-5,8-13,16-17,20-23,28,31H,2,6-7,14-15,18-19,24H2,1H3,(H,44,48)(H,45,47)(H,49,50)(H,51,52)/t28-,31-. The van der Waals surface area contributed by atoms with Crippen molar-refractivity contribution in [2.75, 3.05) is 23.8 Å². The van der Waals surface area contributed by atoms with E-state index in [9.17, 15) is 45.9 Å². The molecule has 1 saturated carbocycles. The van der Waals surface area contributed by atoms with E-state index in [-0.39, 0.29) is 39.6 Å². The summed E-state index contributed by atoms with van der Waals surface area (Å²) in [5.74, 6) is -4.33. The Balaban J connectivity index is 1.32. The lowest BCUT2D eigenvalue weighted by molar-refractivity contribution is -0.153. The summed E-state index contributed by atoms with van der Waals surface area (Å²) in [6.45, 7) is 0.171. The molecule has 0 aromatic heterocycles. The van der Waals surface area contributed by atoms with Crippen molar-refractivity contribution in [1.29, 1.82) is 0 Å². The van der Waals surface area contributed by atoms with Crippen molar-refractivity contribution in [3.8, 4) is 5.75 Å². The molecule has 16 heteroatoms. The number of alkyl halides is 3. The van der Waals surface area contributed by atoms with Crippen molar-refractivity contribution >= 4 is 45.2 Å². The van der Waals surface area contributed by atoms with Gasteiger partial charge in [-0.3, -0.25) is 14.4 Å². The molecule has 4 N–H and O–H groups in total. The predicted molar refractivity (Wildman–Crippen MR) is 201 cm³/mol. The first-order valence-electron chi connectivity index (χ1n) is 17.8. The largest absolute Gasteiger partial charge is 0.484 e. The molecule has 1 aliphatic carbocycles. The van der Waals surface area contributed by atoms with Crippen LogP contribution in [0.15, 0.2) is 95.9 Å². The molecule has 0 spiro atoms. The molecule has 56 heavy (non-hydrogen) atoms. The summed E-state index contributed by atoms with van der Waals surface area (Å²) in [7, 11) is -4.11. The summed E-state index contributed by atoms with van der Waals surface area (Å²) in [4.78, 5) is 49.5. The zero-order valence-electron chi connectivity index (χ0n) is 30.2. The van der Waals surface area contributed by atoms with Crippen molar-refractivity contribution in [2.24, 2.45) is 5.92 Å². The second kappa shape index (κ2) is 17.8. The Morgan fingerprint density at radius 3 is 1.98 bits per heavy atom. The van der Waals surface area contributed by atoms with Crippen molar-refractivity contribution in [3.05, 3.63) is 119 Å². The van der Waals surface area contributed by atoms with E-state index in [2.05, 4.69) is 10.6 Å². The highest BCUT2D eigenvalue weighted by molar-refractivity contribution is 7.89. The van der Waals surface area contributed by atoms with Gasteiger partial charge in [-0.2, -0.15) is 17.5 Å². The average molecular weight is 796 g/mol. The van der Waals surface area contributed by atoms with Gasteiger partial charge in [0.15, 0.2) is 6.61 Å². The van der Waals surface area contributed by atoms with Crippen LogP contribution < -0.4 is 15.4 Å². The minimum Gasteiger partial charge on any atom is -0.484 e. The molecule has 296 valence electrons. The molecule has 0 radical (unpaired) electrons. The molecule has 2 amide bonds. The summed E-state index contributed by atoms with van der Waals surface area (Å²) in [6.07, 6.45) is -2.01. The minimum atomic E-state index is -4.66. The van der Waals surface area contributed by atoms with Crippen LogP contribution in [0.2, 0.25) is 0 Å². The van der Waals surface area contributed by atoms with Crippen molar-refractivity contribution in [1.82, 2.24) is 4.31 Å². The van der Waals surface area contributed by atoms with Gasteiger partial charge in [0.2, 0.25) is 10.0 Å². The number of rotatable bonds is 15. The maximum atomic E-state index is 13.8. The van der Waals surface area contributed by atoms with Gasteiger partial charge in [0.25, 0.3) is 11.8 Å². The van der Waals surface area contributed by atoms with Crippen LogP contribution in [0.3, 0.4) is 0 Å². The topological polar surface area (TPSA) is 179 Å². The molecule has 0 unspecified atom stereocenters. The molecule has 0 heterocycles. The van der Waals surface area contributed by atoms with Gasteiger partial charge in [-0.15, -0.1) is 0 Å². The van der Waals surface area contributed by atoms with Crippen LogP contribution in [0.1, 0.15) is 74.8 Å². The highest BCUT2D eigenvalue weighted by atomic mass is 32.2. The molecule has 4 aromatic carbocycles. The number of amides is 2. The molecule has 1 aliphatic rings. The van der Waals surface area contributed by atoms with Crippen LogP contribution >= 0.6 is 0 Å². The summed E-state index contributed by atoms with van der Waals surface area (Å²) < 4.78 is 72.5. The van der Waals surface area contributed by atoms with E-state index in [1.54, 1.807) is 43.3 Å². The second-order valence-electron chi connectivity index (χ2n) is 13.3.